The first-order valence-corrected chi connectivity index (χ1v) is 7.04. The first kappa shape index (κ1) is 14.3. The molecule has 0 N–H and O–H groups in total. The second-order valence-corrected chi connectivity index (χ2v) is 4.92. The number of carbonyl (C=O) groups excluding carboxylic acids is 1. The maximum Gasteiger partial charge on any atom is 0.280 e. The lowest BCUT2D eigenvalue weighted by Crippen LogP contribution is -2.28. The van der Waals surface area contributed by atoms with Gasteiger partial charge in [-0.2, -0.15) is 5.10 Å². The van der Waals surface area contributed by atoms with Gasteiger partial charge in [0.15, 0.2) is 6.61 Å². The van der Waals surface area contributed by atoms with Crippen LogP contribution < -0.4 is 4.74 Å². The second-order valence-electron chi connectivity index (χ2n) is 4.92. The predicted octanol–water partition coefficient (Wildman–Crippen LogP) is 2.84. The molecule has 5 heteroatoms. The molecule has 2 aromatic rings. The zero-order chi connectivity index (χ0) is 15.4. The van der Waals surface area contributed by atoms with Crippen LogP contribution in [0.5, 0.6) is 5.75 Å². The van der Waals surface area contributed by atoms with Crippen molar-refractivity contribution in [1.82, 2.24) is 5.01 Å². The Morgan fingerprint density at radius 2 is 1.86 bits per heavy atom. The number of rotatable bonds is 4. The van der Waals surface area contributed by atoms with Gasteiger partial charge < -0.3 is 4.74 Å². The average Bonchev–Trinajstić information content (AvgIpc) is 3.05. The highest BCUT2D eigenvalue weighted by atomic mass is 19.1. The Hall–Kier alpha value is -2.69. The first-order valence-electron chi connectivity index (χ1n) is 7.04. The van der Waals surface area contributed by atoms with Gasteiger partial charge in [0.05, 0.1) is 12.3 Å². The fourth-order valence-corrected chi connectivity index (χ4v) is 2.22. The quantitative estimate of drug-likeness (QED) is 0.871. The van der Waals surface area contributed by atoms with Crippen LogP contribution in [0.3, 0.4) is 0 Å². The molecule has 0 fully saturated rings. The summed E-state index contributed by atoms with van der Waals surface area (Å²) in [4.78, 5) is 12.1. The van der Waals surface area contributed by atoms with Gasteiger partial charge in [0.2, 0.25) is 0 Å². The Kier molecular flexibility index (Phi) is 4.14. The predicted molar refractivity (Wildman–Crippen MR) is 81.2 cm³/mol. The van der Waals surface area contributed by atoms with Gasteiger partial charge in [-0.05, 0) is 29.8 Å². The molecule has 0 spiro atoms. The summed E-state index contributed by atoms with van der Waals surface area (Å²) in [5.74, 6) is -0.0909. The highest BCUT2D eigenvalue weighted by Crippen LogP contribution is 2.15. The molecule has 2 aromatic carbocycles. The molecule has 0 unspecified atom stereocenters. The normalized spacial score (nSPS) is 13.9. The number of hydrogen-bond donors (Lipinski definition) is 0. The number of benzene rings is 2. The van der Waals surface area contributed by atoms with E-state index in [4.69, 9.17) is 4.74 Å². The van der Waals surface area contributed by atoms with Crippen LogP contribution in [-0.2, 0) is 4.79 Å². The molecule has 1 aliphatic heterocycles. The molecule has 112 valence electrons. The Morgan fingerprint density at radius 1 is 1.14 bits per heavy atom. The van der Waals surface area contributed by atoms with Gasteiger partial charge in [-0.25, -0.2) is 9.40 Å². The van der Waals surface area contributed by atoms with Gasteiger partial charge in [0.25, 0.3) is 5.91 Å². The fraction of sp³-hybridized carbons (Fsp3) is 0.176. The molecule has 4 nitrogen and oxygen atoms in total. The van der Waals surface area contributed by atoms with Gasteiger partial charge in [-0.15, -0.1) is 0 Å². The molecular weight excluding hydrogens is 283 g/mol. The smallest absolute Gasteiger partial charge is 0.280 e. The van der Waals surface area contributed by atoms with Crippen LogP contribution in [0, 0.1) is 5.82 Å². The Balaban J connectivity index is 1.59. The van der Waals surface area contributed by atoms with E-state index in [0.29, 0.717) is 12.3 Å². The summed E-state index contributed by atoms with van der Waals surface area (Å²) < 4.78 is 18.1. The number of halogens is 1. The molecule has 0 saturated carbocycles. The van der Waals surface area contributed by atoms with Gasteiger partial charge in [-0.1, -0.05) is 30.3 Å². The monoisotopic (exact) mass is 298 g/mol. The third kappa shape index (κ3) is 3.31. The minimum atomic E-state index is -0.338. The number of amides is 1. The summed E-state index contributed by atoms with van der Waals surface area (Å²) in [7, 11) is 0. The molecule has 3 rings (SSSR count). The summed E-state index contributed by atoms with van der Waals surface area (Å²) in [6.45, 7) is 0.438. The Labute approximate surface area is 127 Å². The van der Waals surface area contributed by atoms with E-state index < -0.39 is 0 Å². The number of carbonyl (C=O) groups is 1. The third-order valence-corrected chi connectivity index (χ3v) is 3.37. The van der Waals surface area contributed by atoms with Crippen molar-refractivity contribution in [1.29, 1.82) is 0 Å². The van der Waals surface area contributed by atoms with E-state index in [1.807, 2.05) is 30.3 Å². The van der Waals surface area contributed by atoms with E-state index in [1.54, 1.807) is 0 Å². The Morgan fingerprint density at radius 3 is 2.59 bits per heavy atom. The zero-order valence-electron chi connectivity index (χ0n) is 11.9. The molecule has 0 saturated heterocycles. The number of hydrogen-bond acceptors (Lipinski definition) is 3. The van der Waals surface area contributed by atoms with Crippen LogP contribution >= 0.6 is 0 Å². The molecule has 0 aliphatic carbocycles. The van der Waals surface area contributed by atoms with Crippen molar-refractivity contribution in [3.63, 3.8) is 0 Å². The van der Waals surface area contributed by atoms with Gasteiger partial charge >= 0.3 is 0 Å². The van der Waals surface area contributed by atoms with Gasteiger partial charge in [0, 0.05) is 6.42 Å². The van der Waals surface area contributed by atoms with E-state index in [-0.39, 0.29) is 18.3 Å². The van der Waals surface area contributed by atoms with Gasteiger partial charge in [-0.3, -0.25) is 4.79 Å². The number of hydrazone groups is 1. The lowest BCUT2D eigenvalue weighted by Gasteiger charge is -2.12. The van der Waals surface area contributed by atoms with Crippen molar-refractivity contribution < 1.29 is 13.9 Å². The maximum absolute atomic E-state index is 12.8. The summed E-state index contributed by atoms with van der Waals surface area (Å²) in [6.07, 6.45) is 0.728. The van der Waals surface area contributed by atoms with E-state index >= 15 is 0 Å². The standard InChI is InChI=1S/C17H15FN2O2/c18-14-6-8-15(9-7-14)22-12-17(21)20-11-10-16(19-20)13-4-2-1-3-5-13/h1-9H,10-12H2. The SMILES string of the molecule is O=C(COc1ccc(F)cc1)N1CCC(c2ccccc2)=N1. The number of ether oxygens (including phenoxy) is 1. The summed E-state index contributed by atoms with van der Waals surface area (Å²) in [5, 5.41) is 5.77. The molecule has 0 radical (unpaired) electrons. The zero-order valence-corrected chi connectivity index (χ0v) is 11.9. The van der Waals surface area contributed by atoms with Crippen molar-refractivity contribution in [3.8, 4) is 5.75 Å². The van der Waals surface area contributed by atoms with Crippen molar-refractivity contribution in [2.24, 2.45) is 5.10 Å². The van der Waals surface area contributed by atoms with E-state index in [1.165, 1.54) is 29.3 Å². The molecule has 22 heavy (non-hydrogen) atoms. The van der Waals surface area contributed by atoms with Crippen molar-refractivity contribution in [2.75, 3.05) is 13.2 Å². The molecule has 0 bridgehead atoms. The van der Waals surface area contributed by atoms with Crippen LogP contribution in [0.2, 0.25) is 0 Å². The average molecular weight is 298 g/mol. The largest absolute Gasteiger partial charge is 0.484 e. The van der Waals surface area contributed by atoms with Crippen LogP contribution in [0.1, 0.15) is 12.0 Å². The van der Waals surface area contributed by atoms with Gasteiger partial charge in [0.1, 0.15) is 11.6 Å². The molecule has 0 atom stereocenters. The molecule has 1 aliphatic rings. The lowest BCUT2D eigenvalue weighted by atomic mass is 10.1. The van der Waals surface area contributed by atoms with E-state index in [9.17, 15) is 9.18 Å². The lowest BCUT2D eigenvalue weighted by molar-refractivity contribution is -0.132. The van der Waals surface area contributed by atoms with Crippen molar-refractivity contribution in [2.45, 2.75) is 6.42 Å². The second kappa shape index (κ2) is 6.39. The maximum atomic E-state index is 12.8. The van der Waals surface area contributed by atoms with E-state index in [0.717, 1.165) is 17.7 Å². The van der Waals surface area contributed by atoms with Crippen LogP contribution in [0.15, 0.2) is 59.7 Å². The number of nitrogens with zero attached hydrogens (tertiary/aromatic N) is 2. The highest BCUT2D eigenvalue weighted by molar-refractivity contribution is 6.02. The van der Waals surface area contributed by atoms with Crippen LogP contribution in [0.4, 0.5) is 4.39 Å². The topological polar surface area (TPSA) is 41.9 Å². The summed E-state index contributed by atoms with van der Waals surface area (Å²) in [6, 6.07) is 15.3. The van der Waals surface area contributed by atoms with Crippen molar-refractivity contribution >= 4 is 11.6 Å². The van der Waals surface area contributed by atoms with Crippen LogP contribution in [0.25, 0.3) is 0 Å². The fourth-order valence-electron chi connectivity index (χ4n) is 2.22. The summed E-state index contributed by atoms with van der Waals surface area (Å²) >= 11 is 0. The minimum Gasteiger partial charge on any atom is -0.484 e. The first-order chi connectivity index (χ1) is 10.7. The molecule has 0 aromatic heterocycles. The third-order valence-electron chi connectivity index (χ3n) is 3.37. The Bertz CT molecular complexity index is 684. The molecular formula is C17H15FN2O2. The molecule has 1 amide bonds. The summed E-state index contributed by atoms with van der Waals surface area (Å²) in [5.41, 5.74) is 1.92. The van der Waals surface area contributed by atoms with Crippen molar-refractivity contribution in [3.05, 3.63) is 66.0 Å². The van der Waals surface area contributed by atoms with Crippen LogP contribution in [-0.4, -0.2) is 29.8 Å². The minimum absolute atomic E-state index is 0.114. The molecule has 1 heterocycles. The van der Waals surface area contributed by atoms with E-state index in [2.05, 4.69) is 5.10 Å². The highest BCUT2D eigenvalue weighted by Gasteiger charge is 2.21.